The molecular formula is C42H54ClF6K2N15O7. The summed E-state index contributed by atoms with van der Waals surface area (Å²) in [4.78, 5) is 61.4. The zero-order valence-corrected chi connectivity index (χ0v) is 48.3. The van der Waals surface area contributed by atoms with Crippen LogP contribution in [-0.4, -0.2) is 189 Å². The molecule has 4 saturated heterocycles. The Bertz CT molecular complexity index is 2320. The molecule has 0 spiro atoms. The van der Waals surface area contributed by atoms with Crippen LogP contribution in [0.15, 0.2) is 34.5 Å². The van der Waals surface area contributed by atoms with Gasteiger partial charge in [-0.15, -0.1) is 0 Å². The van der Waals surface area contributed by atoms with Crippen LogP contribution in [0.5, 0.6) is 0 Å². The number of carbonyl (C=O) groups excluding carboxylic acids is 1. The Hall–Kier alpha value is -2.93. The van der Waals surface area contributed by atoms with Crippen LogP contribution >= 0.6 is 11.6 Å². The largest absolute Gasteiger partial charge is 1.00 e. The third-order valence-electron chi connectivity index (χ3n) is 9.92. The van der Waals surface area contributed by atoms with Crippen molar-refractivity contribution < 1.29 is 164 Å². The molecule has 8 heterocycles. The van der Waals surface area contributed by atoms with Crippen LogP contribution < -0.4 is 123 Å². The van der Waals surface area contributed by atoms with Gasteiger partial charge in [0, 0.05) is 93.1 Å². The van der Waals surface area contributed by atoms with Crippen LogP contribution in [0, 0.1) is 0 Å². The van der Waals surface area contributed by atoms with Crippen molar-refractivity contribution in [2.45, 2.75) is 31.6 Å². The van der Waals surface area contributed by atoms with Crippen LogP contribution in [-0.2, 0) is 41.0 Å². The van der Waals surface area contributed by atoms with E-state index in [1.807, 2.05) is 9.80 Å². The van der Waals surface area contributed by atoms with Crippen LogP contribution in [0.25, 0.3) is 22.8 Å². The number of hydrogen-bond donors (Lipinski definition) is 0. The summed E-state index contributed by atoms with van der Waals surface area (Å²) in [5.74, 6) is 0.385. The number of pyridine rings is 2. The van der Waals surface area contributed by atoms with Gasteiger partial charge in [0.2, 0.25) is 23.1 Å². The number of aliphatic imine (C=N–C) groups is 2. The maximum absolute atomic E-state index is 14.0. The Morgan fingerprint density at radius 3 is 1.25 bits per heavy atom. The van der Waals surface area contributed by atoms with Gasteiger partial charge in [-0.25, -0.2) is 20.0 Å². The summed E-state index contributed by atoms with van der Waals surface area (Å²) >= 11 is 5.95. The number of hydrogen-bond acceptors (Lipinski definition) is 20. The van der Waals surface area contributed by atoms with Crippen molar-refractivity contribution in [2.24, 2.45) is 9.98 Å². The summed E-state index contributed by atoms with van der Waals surface area (Å²) < 4.78 is 104. The number of aromatic nitrogens is 8. The number of anilines is 3. The molecular weight excluding hydrogens is 1050 g/mol. The minimum Gasteiger partial charge on any atom is -1.00 e. The van der Waals surface area contributed by atoms with Gasteiger partial charge in [0.15, 0.2) is 23.3 Å². The topological polar surface area (TPSA) is 230 Å². The van der Waals surface area contributed by atoms with E-state index in [4.69, 9.17) is 40.6 Å². The molecule has 8 rings (SSSR count). The van der Waals surface area contributed by atoms with Crippen molar-refractivity contribution in [3.05, 3.63) is 40.9 Å². The maximum Gasteiger partial charge on any atom is 1.00 e. The predicted octanol–water partition coefficient (Wildman–Crippen LogP) is -1.75. The van der Waals surface area contributed by atoms with E-state index in [-0.39, 0.29) is 156 Å². The van der Waals surface area contributed by atoms with Gasteiger partial charge in [-0.1, -0.05) is 0 Å². The fraction of sp³-hybridized carbons (Fsp3) is 0.548. The van der Waals surface area contributed by atoms with Gasteiger partial charge in [0.25, 0.3) is 6.47 Å². The standard InChI is InChI=1S/C20H25F3N8O2.C16H17ClF3N7O.C5H10O.CH2O3.2K.H/c1-29(2)13-25-16-11-15(20(21,22)23)14(12-24-16)17-26-18(30-3-7-32-8-4-30)28-19(27-17)31-5-9-33-10-6-31;1-26(2)9-22-12-7-11(16(18,19)20)10(8-21-12)13-23-14(17)25-15(24-13)27-3-5-28-6-4-27;1-2-4-6-5-3-1;2-1-4-3;;;/h11-13H,3-10H2,1-2H3;7-9H,3-6H2,1-2H3;1-5H2;1,3H;;;/q;;;;2*+1;-1/p-1. The van der Waals surface area contributed by atoms with Gasteiger partial charge in [0.1, 0.15) is 0 Å². The second kappa shape index (κ2) is 32.6. The van der Waals surface area contributed by atoms with Gasteiger partial charge in [-0.2, -0.15) is 56.2 Å². The fourth-order valence-corrected chi connectivity index (χ4v) is 6.70. The average molecular weight is 1110 g/mol. The van der Waals surface area contributed by atoms with Crippen molar-refractivity contribution in [3.63, 3.8) is 0 Å². The summed E-state index contributed by atoms with van der Waals surface area (Å²) in [7, 11) is 6.83. The molecule has 0 bridgehead atoms. The molecule has 0 radical (unpaired) electrons. The van der Waals surface area contributed by atoms with Gasteiger partial charge < -0.3 is 55.0 Å². The van der Waals surface area contributed by atoms with E-state index in [1.165, 1.54) is 31.9 Å². The van der Waals surface area contributed by atoms with E-state index in [0.717, 1.165) is 37.7 Å². The van der Waals surface area contributed by atoms with Crippen molar-refractivity contribution >= 4 is 60.2 Å². The molecule has 0 atom stereocenters. The van der Waals surface area contributed by atoms with Crippen LogP contribution in [0.1, 0.15) is 31.8 Å². The second-order valence-electron chi connectivity index (χ2n) is 15.7. The molecule has 0 N–H and O–H groups in total. The molecule has 4 aliphatic rings. The normalized spacial score (nSPS) is 16.1. The summed E-state index contributed by atoms with van der Waals surface area (Å²) in [6, 6.07) is 1.75. The first kappa shape index (κ1) is 64.4. The number of carbonyl (C=O) groups is 1. The molecule has 22 nitrogen and oxygen atoms in total. The maximum atomic E-state index is 14.0. The zero-order chi connectivity index (χ0) is 51.4. The summed E-state index contributed by atoms with van der Waals surface area (Å²) in [5.41, 5.74) is -2.38. The number of rotatable bonds is 10. The first-order valence-corrected chi connectivity index (χ1v) is 22.4. The minimum atomic E-state index is -4.65. The van der Waals surface area contributed by atoms with Crippen LogP contribution in [0.2, 0.25) is 5.28 Å². The third-order valence-corrected chi connectivity index (χ3v) is 10.1. The van der Waals surface area contributed by atoms with Crippen molar-refractivity contribution in [1.29, 1.82) is 0 Å². The van der Waals surface area contributed by atoms with Crippen LogP contribution in [0.4, 0.5) is 55.8 Å². The Kier molecular flexibility index (Phi) is 28.8. The molecule has 4 fully saturated rings. The van der Waals surface area contributed by atoms with E-state index in [1.54, 1.807) is 42.9 Å². The molecule has 0 aromatic carbocycles. The van der Waals surface area contributed by atoms with Gasteiger partial charge in [0.05, 0.1) is 74.6 Å². The van der Waals surface area contributed by atoms with Gasteiger partial charge in [-0.05, 0) is 43.0 Å². The molecule has 0 amide bonds. The van der Waals surface area contributed by atoms with E-state index in [0.29, 0.717) is 90.8 Å². The summed E-state index contributed by atoms with van der Waals surface area (Å²) in [6.45, 7) is 7.85. The monoisotopic (exact) mass is 1110 g/mol. The molecule has 0 aliphatic carbocycles. The predicted molar refractivity (Wildman–Crippen MR) is 247 cm³/mol. The number of morpholine rings is 3. The molecule has 0 unspecified atom stereocenters. The smallest absolute Gasteiger partial charge is 1.00 e. The number of ether oxygens (including phenoxy) is 4. The molecule has 31 heteroatoms. The van der Waals surface area contributed by atoms with E-state index in [9.17, 15) is 26.3 Å². The first-order chi connectivity index (χ1) is 34.0. The second-order valence-corrected chi connectivity index (χ2v) is 16.1. The molecule has 0 saturated carbocycles. The zero-order valence-electron chi connectivity index (χ0n) is 42.3. The van der Waals surface area contributed by atoms with Crippen molar-refractivity contribution in [2.75, 3.05) is 135 Å². The minimum absolute atomic E-state index is 0. The van der Waals surface area contributed by atoms with E-state index in [2.05, 4.69) is 54.7 Å². The Morgan fingerprint density at radius 1 is 0.603 bits per heavy atom. The average Bonchev–Trinajstić information content (AvgIpc) is 3.38. The molecule has 4 aliphatic heterocycles. The Morgan fingerprint density at radius 2 is 0.945 bits per heavy atom. The summed E-state index contributed by atoms with van der Waals surface area (Å²) in [6.07, 6.45) is -0.465. The van der Waals surface area contributed by atoms with Gasteiger partial charge in [-0.3, -0.25) is 4.79 Å². The number of halogens is 7. The fourth-order valence-electron chi connectivity index (χ4n) is 6.54. The SMILES string of the molecule is C1CCOCC1.CN(C)C=Nc1cc(C(F)(F)F)c(-c2nc(Cl)nc(N3CCOCC3)n2)cn1.CN(C)C=Nc1cc(C(F)(F)F)c(-c2nc(N3CCOCC3)nc(N3CCOCC3)n2)cn1.O=CO[O-].[H-].[K+].[K+]. The number of alkyl halides is 6. The molecule has 4 aromatic rings. The molecule has 73 heavy (non-hydrogen) atoms. The van der Waals surface area contributed by atoms with Crippen molar-refractivity contribution in [1.82, 2.24) is 49.7 Å². The quantitative estimate of drug-likeness (QED) is 0.0326. The molecule has 390 valence electrons. The van der Waals surface area contributed by atoms with Crippen molar-refractivity contribution in [3.8, 4) is 22.8 Å². The van der Waals surface area contributed by atoms with E-state index < -0.39 is 23.5 Å². The third kappa shape index (κ3) is 21.6. The molecule has 4 aromatic heterocycles. The summed E-state index contributed by atoms with van der Waals surface area (Å²) in [5, 5.41) is 8.23. The van der Waals surface area contributed by atoms with Gasteiger partial charge >= 0.3 is 115 Å². The van der Waals surface area contributed by atoms with E-state index >= 15 is 0 Å². The number of nitrogens with zero attached hydrogens (tertiary/aromatic N) is 15. The Balaban J connectivity index is 0.000000415. The van der Waals surface area contributed by atoms with Crippen LogP contribution in [0.3, 0.4) is 0 Å². The first-order valence-electron chi connectivity index (χ1n) is 22.0. The Labute approximate surface area is 509 Å².